The lowest BCUT2D eigenvalue weighted by atomic mass is 9.78. The standard InChI is InChI=1S/C37H22N2O.C25H22BNO3.C18H12BrN/c40-37-29-12-5-4-10-25(29)27-16-17-28-30-20-22(14-18-32(30)38-36(28)35(27)37)23-15-19-34-31(21-23)26-11-6-7-13-33(26)39(34)24-8-2-1-3-9-24;1-24(2)25(3,4)30-26(29-24)14-9-12-20-19(13-14)17-11-10-16-15-7-5-6-8-18(15)23(28)21(16)22(17)27-20;19-13-10-11-18-16(12-13)15-8-4-5-9-17(15)20(18)14-6-2-1-3-7-14/h1-21,38H;5-13,27H,1-4H3;1-12H. The number of carbonyl (C=O) groups is 2. The van der Waals surface area contributed by atoms with Crippen molar-refractivity contribution >= 4 is 127 Å². The van der Waals surface area contributed by atoms with Crippen molar-refractivity contribution in [1.29, 1.82) is 0 Å². The second-order valence-electron chi connectivity index (χ2n) is 24.7. The summed E-state index contributed by atoms with van der Waals surface area (Å²) in [6.07, 6.45) is 0. The Morgan fingerprint density at radius 3 is 1.30 bits per heavy atom. The van der Waals surface area contributed by atoms with E-state index in [2.05, 4.69) is 257 Å². The smallest absolute Gasteiger partial charge is 0.399 e. The average Bonchev–Trinajstić information content (AvgIpc) is 1.62. The fraction of sp³-hybridized carbons (Fsp3) is 0.0750. The Labute approximate surface area is 527 Å². The van der Waals surface area contributed by atoms with Crippen molar-refractivity contribution in [3.05, 3.63) is 282 Å². The van der Waals surface area contributed by atoms with Crippen LogP contribution < -0.4 is 5.46 Å². The first-order valence-electron chi connectivity index (χ1n) is 30.5. The fourth-order valence-corrected chi connectivity index (χ4v) is 14.4. The highest BCUT2D eigenvalue weighted by atomic mass is 79.9. The molecule has 430 valence electrons. The number of aromatic nitrogens is 4. The van der Waals surface area contributed by atoms with Gasteiger partial charge in [0.1, 0.15) is 0 Å². The molecule has 4 aromatic heterocycles. The molecule has 8 nitrogen and oxygen atoms in total. The molecule has 3 aliphatic rings. The van der Waals surface area contributed by atoms with E-state index in [4.69, 9.17) is 9.31 Å². The van der Waals surface area contributed by atoms with E-state index in [1.807, 2.05) is 60.7 Å². The molecule has 0 saturated carbocycles. The minimum Gasteiger partial charge on any atom is -0.399 e. The van der Waals surface area contributed by atoms with Gasteiger partial charge in [0.15, 0.2) is 11.6 Å². The molecule has 0 atom stereocenters. The molecular formula is C80H56BBrN4O4. The molecule has 2 N–H and O–H groups in total. The summed E-state index contributed by atoms with van der Waals surface area (Å²) in [5, 5.41) is 9.37. The van der Waals surface area contributed by atoms with E-state index >= 15 is 0 Å². The number of hydrogen-bond acceptors (Lipinski definition) is 4. The van der Waals surface area contributed by atoms with Gasteiger partial charge in [0.2, 0.25) is 0 Å². The monoisotopic (exact) mass is 1230 g/mol. The minimum absolute atomic E-state index is 0.0870. The molecule has 12 aromatic carbocycles. The van der Waals surface area contributed by atoms with Gasteiger partial charge in [-0.1, -0.05) is 186 Å². The third kappa shape index (κ3) is 8.28. The molecule has 0 spiro atoms. The van der Waals surface area contributed by atoms with Crippen LogP contribution in [-0.2, 0) is 9.31 Å². The largest absolute Gasteiger partial charge is 0.494 e. The highest BCUT2D eigenvalue weighted by Crippen LogP contribution is 2.45. The lowest BCUT2D eigenvalue weighted by molar-refractivity contribution is 0.00578. The third-order valence-corrected chi connectivity index (χ3v) is 19.6. The summed E-state index contributed by atoms with van der Waals surface area (Å²) in [5.41, 5.74) is 20.8. The van der Waals surface area contributed by atoms with Crippen LogP contribution in [0.5, 0.6) is 0 Å². The second kappa shape index (κ2) is 20.3. The maximum absolute atomic E-state index is 13.4. The van der Waals surface area contributed by atoms with Crippen LogP contribution in [0.15, 0.2) is 259 Å². The van der Waals surface area contributed by atoms with E-state index in [9.17, 15) is 9.59 Å². The van der Waals surface area contributed by atoms with Gasteiger partial charge in [-0.15, -0.1) is 0 Å². The van der Waals surface area contributed by atoms with E-state index in [1.165, 1.54) is 54.9 Å². The van der Waals surface area contributed by atoms with Crippen molar-refractivity contribution in [2.24, 2.45) is 0 Å². The van der Waals surface area contributed by atoms with Gasteiger partial charge in [-0.2, -0.15) is 0 Å². The number of benzene rings is 12. The summed E-state index contributed by atoms with van der Waals surface area (Å²) in [5.74, 6) is 0.187. The van der Waals surface area contributed by atoms with Gasteiger partial charge < -0.3 is 28.4 Å². The molecule has 90 heavy (non-hydrogen) atoms. The second-order valence-corrected chi connectivity index (χ2v) is 25.7. The maximum Gasteiger partial charge on any atom is 0.494 e. The van der Waals surface area contributed by atoms with Crippen LogP contribution in [0.4, 0.5) is 0 Å². The normalized spacial score (nSPS) is 14.4. The van der Waals surface area contributed by atoms with Crippen molar-refractivity contribution < 1.29 is 18.9 Å². The number of hydrogen-bond donors (Lipinski definition) is 2. The number of H-pyrrole nitrogens is 2. The molecule has 1 aliphatic heterocycles. The molecule has 5 heterocycles. The Kier molecular flexibility index (Phi) is 12.2. The van der Waals surface area contributed by atoms with Crippen molar-refractivity contribution in [1.82, 2.24) is 19.1 Å². The number of aromatic amines is 2. The summed E-state index contributed by atoms with van der Waals surface area (Å²) in [7, 11) is -0.412. The number of rotatable bonds is 4. The van der Waals surface area contributed by atoms with Crippen LogP contribution in [0.2, 0.25) is 0 Å². The Hall–Kier alpha value is -10.4. The van der Waals surface area contributed by atoms with E-state index in [-0.39, 0.29) is 22.8 Å². The van der Waals surface area contributed by atoms with Crippen molar-refractivity contribution in [2.75, 3.05) is 0 Å². The number of halogens is 1. The predicted molar refractivity (Wildman–Crippen MR) is 373 cm³/mol. The first kappa shape index (κ1) is 53.8. The molecule has 16 aromatic rings. The molecular weight excluding hydrogens is 1170 g/mol. The number of para-hydroxylation sites is 4. The molecule has 0 radical (unpaired) electrons. The summed E-state index contributed by atoms with van der Waals surface area (Å²) >= 11 is 3.57. The molecule has 1 saturated heterocycles. The third-order valence-electron chi connectivity index (χ3n) is 19.1. The van der Waals surface area contributed by atoms with Crippen LogP contribution in [0.1, 0.15) is 59.5 Å². The molecule has 10 heteroatoms. The van der Waals surface area contributed by atoms with E-state index in [0.29, 0.717) is 0 Å². The predicted octanol–water partition coefficient (Wildman–Crippen LogP) is 19.7. The number of carbonyl (C=O) groups excluding carboxylic acids is 2. The zero-order valence-corrected chi connectivity index (χ0v) is 51.3. The van der Waals surface area contributed by atoms with Gasteiger partial charge in [0, 0.05) is 81.1 Å². The molecule has 0 bridgehead atoms. The first-order chi connectivity index (χ1) is 43.9. The number of nitrogens with zero attached hydrogens (tertiary/aromatic N) is 2. The number of fused-ring (bicyclic) bond motifs is 20. The Bertz CT molecular complexity index is 5680. The highest BCUT2D eigenvalue weighted by Gasteiger charge is 2.52. The summed E-state index contributed by atoms with van der Waals surface area (Å²) < 4.78 is 18.2. The van der Waals surface area contributed by atoms with Gasteiger partial charge >= 0.3 is 7.12 Å². The van der Waals surface area contributed by atoms with Gasteiger partial charge in [-0.3, -0.25) is 9.59 Å². The summed E-state index contributed by atoms with van der Waals surface area (Å²) in [6.45, 7) is 8.24. The van der Waals surface area contributed by atoms with E-state index < -0.39 is 7.12 Å². The van der Waals surface area contributed by atoms with Crippen LogP contribution in [0, 0.1) is 0 Å². The zero-order chi connectivity index (χ0) is 60.7. The van der Waals surface area contributed by atoms with Crippen molar-refractivity contribution in [3.63, 3.8) is 0 Å². The molecule has 2 aliphatic carbocycles. The van der Waals surface area contributed by atoms with Crippen molar-refractivity contribution in [3.8, 4) is 44.8 Å². The van der Waals surface area contributed by atoms with Gasteiger partial charge in [-0.05, 0) is 151 Å². The van der Waals surface area contributed by atoms with Crippen LogP contribution in [0.3, 0.4) is 0 Å². The topological polar surface area (TPSA) is 94.0 Å². The van der Waals surface area contributed by atoms with Crippen LogP contribution >= 0.6 is 15.9 Å². The van der Waals surface area contributed by atoms with Crippen LogP contribution in [0.25, 0.3) is 132 Å². The minimum atomic E-state index is -0.412. The fourth-order valence-electron chi connectivity index (χ4n) is 14.1. The summed E-state index contributed by atoms with van der Waals surface area (Å²) in [4.78, 5) is 33.6. The highest BCUT2D eigenvalue weighted by molar-refractivity contribution is 9.10. The van der Waals surface area contributed by atoms with Crippen LogP contribution in [-0.4, -0.2) is 49.0 Å². The Balaban J connectivity index is 0.000000110. The number of nitrogens with one attached hydrogen (secondary N) is 2. The molecule has 19 rings (SSSR count). The maximum atomic E-state index is 13.4. The van der Waals surface area contributed by atoms with E-state index in [1.54, 1.807) is 0 Å². The molecule has 1 fully saturated rings. The SMILES string of the molecule is Brc1ccc2c(c1)c1ccccc1n2-c1ccccc1.CC1(C)OB(c2ccc3[nH]c4c5c(ccc4c3c2)-c2ccccc2C5=O)OC1(C)C.O=C1c2ccccc2-c2ccc3c([nH]c4ccc(-c5ccc6c(c5)c5ccccc5n6-c5ccccc5)cc43)c21. The Morgan fingerprint density at radius 1 is 0.356 bits per heavy atom. The summed E-state index contributed by atoms with van der Waals surface area (Å²) in [6, 6.07) is 88.4. The average molecular weight is 1230 g/mol. The number of ketones is 2. The van der Waals surface area contributed by atoms with Gasteiger partial charge in [0.05, 0.1) is 55.4 Å². The lowest BCUT2D eigenvalue weighted by Crippen LogP contribution is -2.41. The molecule has 0 amide bonds. The van der Waals surface area contributed by atoms with Crippen molar-refractivity contribution in [2.45, 2.75) is 38.9 Å². The van der Waals surface area contributed by atoms with E-state index in [0.717, 1.165) is 109 Å². The first-order valence-corrected chi connectivity index (χ1v) is 31.3. The van der Waals surface area contributed by atoms with Gasteiger partial charge in [-0.25, -0.2) is 0 Å². The van der Waals surface area contributed by atoms with Gasteiger partial charge in [0.25, 0.3) is 0 Å². The zero-order valence-electron chi connectivity index (χ0n) is 49.7. The lowest BCUT2D eigenvalue weighted by Gasteiger charge is -2.32. The quantitative estimate of drug-likeness (QED) is 0.172. The molecule has 0 unspecified atom stereocenters. The Morgan fingerprint density at radius 2 is 0.767 bits per heavy atom.